The molecule has 0 aliphatic rings. The van der Waals surface area contributed by atoms with Crippen molar-refractivity contribution in [3.05, 3.63) is 23.8 Å². The first-order valence-electron chi connectivity index (χ1n) is 4.20. The molecule has 0 bridgehead atoms. The van der Waals surface area contributed by atoms with Crippen molar-refractivity contribution in [3.63, 3.8) is 0 Å². The average Bonchev–Trinajstić information content (AvgIpc) is 2.15. The summed E-state index contributed by atoms with van der Waals surface area (Å²) in [6.07, 6.45) is 1.08. The topological polar surface area (TPSA) is 64.2 Å². The molecule has 5 heteroatoms. The van der Waals surface area contributed by atoms with Crippen LogP contribution in [-0.2, 0) is 6.42 Å². The van der Waals surface area contributed by atoms with Crippen LogP contribution in [0.1, 0.15) is 12.0 Å². The highest BCUT2D eigenvalue weighted by atomic mass is 32.1. The zero-order valence-electron chi connectivity index (χ0n) is 7.51. The summed E-state index contributed by atoms with van der Waals surface area (Å²) in [6.45, 7) is 0. The van der Waals surface area contributed by atoms with Crippen molar-refractivity contribution >= 4 is 25.2 Å². The second-order valence-electron chi connectivity index (χ2n) is 2.92. The minimum absolute atomic E-state index is 0.413. The van der Waals surface area contributed by atoms with Crippen LogP contribution in [0.15, 0.2) is 23.1 Å². The zero-order valence-corrected chi connectivity index (χ0v) is 8.41. The molecule has 0 aliphatic heterocycles. The lowest BCUT2D eigenvalue weighted by Crippen LogP contribution is -2.29. The highest BCUT2D eigenvalue weighted by molar-refractivity contribution is 7.80. The van der Waals surface area contributed by atoms with Crippen LogP contribution in [-0.4, -0.2) is 17.2 Å². The molecule has 0 radical (unpaired) electrons. The fraction of sp³-hybridized carbons (Fsp3) is 0.222. The van der Waals surface area contributed by atoms with Gasteiger partial charge in [0.2, 0.25) is 0 Å². The first kappa shape index (κ1) is 11.1. The van der Waals surface area contributed by atoms with Crippen molar-refractivity contribution in [2.45, 2.75) is 17.7 Å². The largest absolute Gasteiger partial charge is 0.488 e. The molecule has 0 fully saturated rings. The number of hydrogen-bond donors (Lipinski definition) is 3. The van der Waals surface area contributed by atoms with E-state index in [2.05, 4.69) is 12.6 Å². The third-order valence-electron chi connectivity index (χ3n) is 1.91. The van der Waals surface area contributed by atoms with E-state index in [1.54, 1.807) is 18.2 Å². The van der Waals surface area contributed by atoms with E-state index in [4.69, 9.17) is 15.3 Å². The van der Waals surface area contributed by atoms with Gasteiger partial charge in [0.05, 0.1) is 6.07 Å². The van der Waals surface area contributed by atoms with Crippen molar-refractivity contribution in [1.82, 2.24) is 0 Å². The Morgan fingerprint density at radius 2 is 2.14 bits per heavy atom. The Bertz CT molecular complexity index is 362. The van der Waals surface area contributed by atoms with Crippen LogP contribution in [0.5, 0.6) is 0 Å². The highest BCUT2D eigenvalue weighted by Crippen LogP contribution is 2.13. The van der Waals surface area contributed by atoms with Crippen molar-refractivity contribution in [2.75, 3.05) is 0 Å². The summed E-state index contributed by atoms with van der Waals surface area (Å²) in [7, 11) is -1.47. The van der Waals surface area contributed by atoms with E-state index in [9.17, 15) is 0 Å². The Hall–Kier alpha value is -0.955. The predicted molar refractivity (Wildman–Crippen MR) is 57.5 cm³/mol. The normalized spacial score (nSPS) is 9.57. The molecule has 0 saturated carbocycles. The third-order valence-corrected chi connectivity index (χ3v) is 2.33. The van der Waals surface area contributed by atoms with Gasteiger partial charge in [0.15, 0.2) is 0 Å². The Balaban J connectivity index is 2.85. The third kappa shape index (κ3) is 2.77. The van der Waals surface area contributed by atoms with Gasteiger partial charge in [0.1, 0.15) is 0 Å². The van der Waals surface area contributed by atoms with E-state index in [0.717, 1.165) is 5.56 Å². The number of aryl methyl sites for hydroxylation is 1. The summed E-state index contributed by atoms with van der Waals surface area (Å²) in [4.78, 5) is 0.686. The number of nitrogens with zero attached hydrogens (tertiary/aromatic N) is 1. The molecule has 0 atom stereocenters. The van der Waals surface area contributed by atoms with Gasteiger partial charge in [-0.3, -0.25) is 0 Å². The quantitative estimate of drug-likeness (QED) is 0.487. The summed E-state index contributed by atoms with van der Waals surface area (Å²) >= 11 is 4.20. The van der Waals surface area contributed by atoms with E-state index in [0.29, 0.717) is 23.2 Å². The molecule has 0 saturated heterocycles. The molecule has 14 heavy (non-hydrogen) atoms. The maximum atomic E-state index is 8.88. The molecule has 0 aromatic heterocycles. The number of thiol groups is 1. The van der Waals surface area contributed by atoms with Gasteiger partial charge in [-0.15, -0.1) is 12.6 Å². The van der Waals surface area contributed by atoms with Crippen LogP contribution in [0.2, 0.25) is 0 Å². The maximum absolute atomic E-state index is 8.88. The van der Waals surface area contributed by atoms with Crippen molar-refractivity contribution in [2.24, 2.45) is 0 Å². The first-order chi connectivity index (χ1) is 6.65. The van der Waals surface area contributed by atoms with Crippen LogP contribution in [0, 0.1) is 11.3 Å². The molecule has 1 aromatic carbocycles. The van der Waals surface area contributed by atoms with Crippen LogP contribution < -0.4 is 5.46 Å². The summed E-state index contributed by atoms with van der Waals surface area (Å²) in [5, 5.41) is 26.2. The van der Waals surface area contributed by atoms with E-state index in [1.807, 2.05) is 6.07 Å². The first-order valence-corrected chi connectivity index (χ1v) is 4.64. The smallest absolute Gasteiger partial charge is 0.423 e. The number of hydrogen-bond acceptors (Lipinski definition) is 4. The van der Waals surface area contributed by atoms with Gasteiger partial charge in [0.25, 0.3) is 0 Å². The van der Waals surface area contributed by atoms with Crippen molar-refractivity contribution in [3.8, 4) is 6.07 Å². The molecule has 1 aromatic rings. The summed E-state index contributed by atoms with van der Waals surface area (Å²) < 4.78 is 0. The van der Waals surface area contributed by atoms with Crippen LogP contribution >= 0.6 is 12.6 Å². The molecule has 0 spiro atoms. The number of nitriles is 1. The van der Waals surface area contributed by atoms with E-state index >= 15 is 0 Å². The van der Waals surface area contributed by atoms with E-state index in [1.165, 1.54) is 0 Å². The number of rotatable bonds is 3. The Morgan fingerprint density at radius 1 is 1.43 bits per heavy atom. The summed E-state index contributed by atoms with van der Waals surface area (Å²) in [5.41, 5.74) is 1.36. The molecule has 0 amide bonds. The lowest BCUT2D eigenvalue weighted by Gasteiger charge is -2.05. The molecule has 0 unspecified atom stereocenters. The fourth-order valence-corrected chi connectivity index (χ4v) is 1.48. The maximum Gasteiger partial charge on any atom is 0.488 e. The molecule has 1 rings (SSSR count). The predicted octanol–water partition coefficient (Wildman–Crippen LogP) is 0.111. The highest BCUT2D eigenvalue weighted by Gasteiger charge is 2.11. The Labute approximate surface area is 88.6 Å². The van der Waals surface area contributed by atoms with Crippen molar-refractivity contribution in [1.29, 1.82) is 5.26 Å². The molecule has 0 aliphatic carbocycles. The Morgan fingerprint density at radius 3 is 2.64 bits per heavy atom. The SMILES string of the molecule is N#CCCc1ccc(B(O)O)cc1S. The molecule has 72 valence electrons. The molecular formula is C9H10BNO2S. The molecular weight excluding hydrogens is 197 g/mol. The van der Waals surface area contributed by atoms with Crippen LogP contribution in [0.4, 0.5) is 0 Å². The molecule has 3 nitrogen and oxygen atoms in total. The van der Waals surface area contributed by atoms with Crippen LogP contribution in [0.3, 0.4) is 0 Å². The van der Waals surface area contributed by atoms with Gasteiger partial charge in [-0.05, 0) is 23.5 Å². The van der Waals surface area contributed by atoms with Gasteiger partial charge in [0, 0.05) is 11.3 Å². The monoisotopic (exact) mass is 207 g/mol. The second kappa shape index (κ2) is 5.06. The van der Waals surface area contributed by atoms with Gasteiger partial charge >= 0.3 is 7.12 Å². The summed E-state index contributed by atoms with van der Waals surface area (Å²) in [5.74, 6) is 0. The Kier molecular flexibility index (Phi) is 4.02. The van der Waals surface area contributed by atoms with E-state index < -0.39 is 7.12 Å². The standard InChI is InChI=1S/C9H10BNO2S/c11-5-1-2-7-3-4-8(10(12)13)6-9(7)14/h3-4,6,12-14H,1-2H2. The van der Waals surface area contributed by atoms with Gasteiger partial charge < -0.3 is 10.0 Å². The second-order valence-corrected chi connectivity index (χ2v) is 3.40. The molecule has 2 N–H and O–H groups in total. The van der Waals surface area contributed by atoms with Crippen LogP contribution in [0.25, 0.3) is 0 Å². The fourth-order valence-electron chi connectivity index (χ4n) is 1.14. The average molecular weight is 207 g/mol. The van der Waals surface area contributed by atoms with Gasteiger partial charge in [-0.2, -0.15) is 5.26 Å². The van der Waals surface area contributed by atoms with E-state index in [-0.39, 0.29) is 0 Å². The minimum Gasteiger partial charge on any atom is -0.423 e. The van der Waals surface area contributed by atoms with Gasteiger partial charge in [-0.1, -0.05) is 12.1 Å². The number of benzene rings is 1. The summed E-state index contributed by atoms with van der Waals surface area (Å²) in [6, 6.07) is 7.03. The lowest BCUT2D eigenvalue weighted by atomic mass is 9.80. The minimum atomic E-state index is -1.47. The zero-order chi connectivity index (χ0) is 10.6. The lowest BCUT2D eigenvalue weighted by molar-refractivity contribution is 0.425. The van der Waals surface area contributed by atoms with Gasteiger partial charge in [-0.25, -0.2) is 0 Å². The molecule has 0 heterocycles. The van der Waals surface area contributed by atoms with Crippen molar-refractivity contribution < 1.29 is 10.0 Å².